The van der Waals surface area contributed by atoms with Crippen molar-refractivity contribution in [2.24, 2.45) is 11.8 Å². The Balaban J connectivity index is 2.10. The summed E-state index contributed by atoms with van der Waals surface area (Å²) in [4.78, 5) is 15.7. The number of aromatic nitrogens is 1. The highest BCUT2D eigenvalue weighted by atomic mass is 16.5. The average Bonchev–Trinajstić information content (AvgIpc) is 2.89. The lowest BCUT2D eigenvalue weighted by Gasteiger charge is -2.18. The molecule has 1 aromatic heterocycles. The molecule has 4 nitrogen and oxygen atoms in total. The van der Waals surface area contributed by atoms with Crippen molar-refractivity contribution in [2.75, 3.05) is 7.11 Å². The molecule has 1 atom stereocenters. The number of methoxy groups -OCH3 is 1. The van der Waals surface area contributed by atoms with Crippen LogP contribution in [0.2, 0.25) is 0 Å². The second-order valence-electron chi connectivity index (χ2n) is 4.86. The zero-order valence-electron chi connectivity index (χ0n) is 10.6. The Bertz CT molecular complexity index is 413. The van der Waals surface area contributed by atoms with Crippen molar-refractivity contribution < 1.29 is 14.6 Å². The summed E-state index contributed by atoms with van der Waals surface area (Å²) in [7, 11) is 1.57. The summed E-state index contributed by atoms with van der Waals surface area (Å²) in [6.45, 7) is 0. The Morgan fingerprint density at radius 1 is 1.50 bits per heavy atom. The molecule has 0 amide bonds. The highest BCUT2D eigenvalue weighted by Crippen LogP contribution is 2.33. The van der Waals surface area contributed by atoms with Crippen molar-refractivity contribution in [3.63, 3.8) is 0 Å². The molecule has 0 spiro atoms. The molecular weight excluding hydrogens is 230 g/mol. The molecule has 1 heterocycles. The lowest BCUT2D eigenvalue weighted by molar-refractivity contribution is -0.143. The number of nitrogens with zero attached hydrogens (tertiary/aromatic N) is 1. The first kappa shape index (κ1) is 12.9. The predicted octanol–water partition coefficient (Wildman–Crippen LogP) is 2.52. The fraction of sp³-hybridized carbons (Fsp3) is 0.571. The Kier molecular flexibility index (Phi) is 4.18. The monoisotopic (exact) mass is 249 g/mol. The van der Waals surface area contributed by atoms with E-state index in [0.717, 1.165) is 31.4 Å². The lowest BCUT2D eigenvalue weighted by Crippen LogP contribution is -2.24. The lowest BCUT2D eigenvalue weighted by atomic mass is 9.87. The van der Waals surface area contributed by atoms with E-state index in [2.05, 4.69) is 4.98 Å². The van der Waals surface area contributed by atoms with Crippen molar-refractivity contribution in [1.29, 1.82) is 0 Å². The quantitative estimate of drug-likeness (QED) is 0.871. The van der Waals surface area contributed by atoms with Gasteiger partial charge < -0.3 is 9.84 Å². The minimum absolute atomic E-state index is 0.301. The molecule has 1 aromatic rings. The summed E-state index contributed by atoms with van der Waals surface area (Å²) in [5.41, 5.74) is 0.800. The molecule has 0 saturated heterocycles. The Labute approximate surface area is 107 Å². The molecule has 1 aliphatic rings. The molecule has 0 aromatic carbocycles. The largest absolute Gasteiger partial charge is 0.481 e. The third kappa shape index (κ3) is 3.00. The highest BCUT2D eigenvalue weighted by Gasteiger charge is 2.30. The molecule has 1 fully saturated rings. The number of hydrogen-bond acceptors (Lipinski definition) is 3. The van der Waals surface area contributed by atoms with Crippen LogP contribution in [0.1, 0.15) is 31.4 Å². The van der Waals surface area contributed by atoms with Crippen molar-refractivity contribution in [3.05, 3.63) is 23.9 Å². The maximum atomic E-state index is 11.4. The number of pyridine rings is 1. The third-order valence-corrected chi connectivity index (χ3v) is 3.71. The van der Waals surface area contributed by atoms with Gasteiger partial charge >= 0.3 is 5.97 Å². The normalized spacial score (nSPS) is 17.6. The second-order valence-corrected chi connectivity index (χ2v) is 4.86. The van der Waals surface area contributed by atoms with Crippen molar-refractivity contribution in [1.82, 2.24) is 4.98 Å². The van der Waals surface area contributed by atoms with Gasteiger partial charge in [-0.3, -0.25) is 4.79 Å². The van der Waals surface area contributed by atoms with E-state index in [1.165, 1.54) is 0 Å². The molecule has 1 aliphatic carbocycles. The van der Waals surface area contributed by atoms with Crippen LogP contribution in [0.4, 0.5) is 0 Å². The van der Waals surface area contributed by atoms with Gasteiger partial charge in [0, 0.05) is 18.2 Å². The molecule has 98 valence electrons. The van der Waals surface area contributed by atoms with E-state index in [-0.39, 0.29) is 5.92 Å². The van der Waals surface area contributed by atoms with Gasteiger partial charge in [0.25, 0.3) is 0 Å². The number of carbonyl (C=O) groups is 1. The highest BCUT2D eigenvalue weighted by molar-refractivity contribution is 5.70. The molecule has 1 unspecified atom stereocenters. The molecule has 1 N–H and O–H groups in total. The first-order chi connectivity index (χ1) is 8.70. The van der Waals surface area contributed by atoms with Gasteiger partial charge in [-0.25, -0.2) is 4.98 Å². The van der Waals surface area contributed by atoms with Gasteiger partial charge in [0.05, 0.1) is 13.0 Å². The van der Waals surface area contributed by atoms with Crippen LogP contribution < -0.4 is 4.74 Å². The van der Waals surface area contributed by atoms with Crippen LogP contribution in [0, 0.1) is 11.8 Å². The van der Waals surface area contributed by atoms with Crippen LogP contribution in [-0.4, -0.2) is 23.2 Å². The molecule has 0 aliphatic heterocycles. The third-order valence-electron chi connectivity index (χ3n) is 3.71. The summed E-state index contributed by atoms with van der Waals surface area (Å²) in [6, 6.07) is 5.50. The van der Waals surface area contributed by atoms with Gasteiger partial charge in [0.2, 0.25) is 5.88 Å². The average molecular weight is 249 g/mol. The van der Waals surface area contributed by atoms with E-state index in [1.807, 2.05) is 12.1 Å². The predicted molar refractivity (Wildman–Crippen MR) is 67.6 cm³/mol. The number of hydrogen-bond donors (Lipinski definition) is 1. The number of aliphatic carboxylic acids is 1. The zero-order chi connectivity index (χ0) is 13.0. The zero-order valence-corrected chi connectivity index (χ0v) is 10.6. The first-order valence-corrected chi connectivity index (χ1v) is 6.43. The fourth-order valence-corrected chi connectivity index (χ4v) is 2.73. The molecule has 2 rings (SSSR count). The second kappa shape index (κ2) is 5.85. The number of carboxylic acids is 1. The molecule has 4 heteroatoms. The molecule has 0 radical (unpaired) electrons. The minimum Gasteiger partial charge on any atom is -0.481 e. The van der Waals surface area contributed by atoms with Crippen LogP contribution >= 0.6 is 0 Å². The Hall–Kier alpha value is -1.58. The Morgan fingerprint density at radius 2 is 2.22 bits per heavy atom. The van der Waals surface area contributed by atoms with E-state index in [0.29, 0.717) is 18.2 Å². The number of ether oxygens (including phenoxy) is 1. The summed E-state index contributed by atoms with van der Waals surface area (Å²) >= 11 is 0. The van der Waals surface area contributed by atoms with E-state index >= 15 is 0 Å². The van der Waals surface area contributed by atoms with Crippen molar-refractivity contribution >= 4 is 5.97 Å². The first-order valence-electron chi connectivity index (χ1n) is 6.43. The summed E-state index contributed by atoms with van der Waals surface area (Å²) in [6.07, 6.45) is 4.86. The fourth-order valence-electron chi connectivity index (χ4n) is 2.73. The van der Waals surface area contributed by atoms with Gasteiger partial charge in [0.15, 0.2) is 0 Å². The number of carboxylic acid groups (broad SMARTS) is 1. The Morgan fingerprint density at radius 3 is 2.83 bits per heavy atom. The maximum absolute atomic E-state index is 11.4. The standard InChI is InChI=1S/C14H19NO3/c1-18-13-8-4-7-11(15-13)9-12(14(16)17)10-5-2-3-6-10/h4,7-8,10,12H,2-3,5-6,9H2,1H3,(H,16,17). The molecule has 1 saturated carbocycles. The van der Waals surface area contributed by atoms with Crippen LogP contribution in [0.25, 0.3) is 0 Å². The summed E-state index contributed by atoms with van der Waals surface area (Å²) < 4.78 is 5.06. The smallest absolute Gasteiger partial charge is 0.307 e. The SMILES string of the molecule is COc1cccc(CC(C(=O)O)C2CCCC2)n1. The van der Waals surface area contributed by atoms with Gasteiger partial charge in [-0.1, -0.05) is 18.9 Å². The molecule has 18 heavy (non-hydrogen) atoms. The minimum atomic E-state index is -0.702. The van der Waals surface area contributed by atoms with Gasteiger partial charge in [-0.05, 0) is 24.8 Å². The van der Waals surface area contributed by atoms with Crippen LogP contribution in [0.5, 0.6) is 5.88 Å². The molecule has 0 bridgehead atoms. The van der Waals surface area contributed by atoms with Gasteiger partial charge in [-0.15, -0.1) is 0 Å². The number of rotatable bonds is 5. The van der Waals surface area contributed by atoms with Gasteiger partial charge in [0.1, 0.15) is 0 Å². The van der Waals surface area contributed by atoms with E-state index < -0.39 is 5.97 Å². The van der Waals surface area contributed by atoms with Crippen LogP contribution in [0.3, 0.4) is 0 Å². The topological polar surface area (TPSA) is 59.4 Å². The van der Waals surface area contributed by atoms with Crippen LogP contribution in [0.15, 0.2) is 18.2 Å². The van der Waals surface area contributed by atoms with Gasteiger partial charge in [-0.2, -0.15) is 0 Å². The van der Waals surface area contributed by atoms with E-state index in [1.54, 1.807) is 13.2 Å². The summed E-state index contributed by atoms with van der Waals surface area (Å²) in [5.74, 6) is -0.169. The van der Waals surface area contributed by atoms with E-state index in [4.69, 9.17) is 4.74 Å². The van der Waals surface area contributed by atoms with Crippen LogP contribution in [-0.2, 0) is 11.2 Å². The van der Waals surface area contributed by atoms with E-state index in [9.17, 15) is 9.90 Å². The molecular formula is C14H19NO3. The van der Waals surface area contributed by atoms with Crippen molar-refractivity contribution in [2.45, 2.75) is 32.1 Å². The summed E-state index contributed by atoms with van der Waals surface area (Å²) in [5, 5.41) is 9.36. The van der Waals surface area contributed by atoms with Crippen molar-refractivity contribution in [3.8, 4) is 5.88 Å². The maximum Gasteiger partial charge on any atom is 0.307 e.